The van der Waals surface area contributed by atoms with E-state index in [4.69, 9.17) is 0 Å². The summed E-state index contributed by atoms with van der Waals surface area (Å²) in [5.74, 6) is 0. The number of hydrogen-bond acceptors (Lipinski definition) is 4. The van der Waals surface area contributed by atoms with E-state index in [1.165, 1.54) is 18.4 Å². The third-order valence-corrected chi connectivity index (χ3v) is 3.19. The lowest BCUT2D eigenvalue weighted by Gasteiger charge is -2.22. The van der Waals surface area contributed by atoms with Crippen LogP contribution in [0.15, 0.2) is 30.3 Å². The first kappa shape index (κ1) is 8.38. The van der Waals surface area contributed by atoms with E-state index in [2.05, 4.69) is 52.3 Å². The van der Waals surface area contributed by atoms with E-state index < -0.39 is 0 Å². The lowest BCUT2D eigenvalue weighted by atomic mass is 9.93. The molecule has 74 valence electrons. The predicted octanol–water partition coefficient (Wildman–Crippen LogP) is 0.161. The van der Waals surface area contributed by atoms with Crippen LogP contribution in [0.3, 0.4) is 0 Å². The Morgan fingerprint density at radius 3 is 2.21 bits per heavy atom. The molecule has 2 fully saturated rings. The smallest absolute Gasteiger partial charge is 0.0955 e. The highest BCUT2D eigenvalue weighted by Gasteiger charge is 2.51. The summed E-state index contributed by atoms with van der Waals surface area (Å²) in [4.78, 5) is 0. The van der Waals surface area contributed by atoms with Crippen LogP contribution in [0, 0.1) is 0 Å². The van der Waals surface area contributed by atoms with Gasteiger partial charge in [-0.05, 0) is 18.4 Å². The van der Waals surface area contributed by atoms with Gasteiger partial charge in [-0.2, -0.15) is 11.1 Å². The van der Waals surface area contributed by atoms with Crippen molar-refractivity contribution in [1.29, 1.82) is 0 Å². The highest BCUT2D eigenvalue weighted by molar-refractivity contribution is 5.33. The van der Waals surface area contributed by atoms with Crippen molar-refractivity contribution >= 4 is 0 Å². The largest absolute Gasteiger partial charge is 0.224 e. The molecule has 0 radical (unpaired) electrons. The normalized spacial score (nSPS) is 25.1. The Morgan fingerprint density at radius 2 is 1.64 bits per heavy atom. The molecule has 0 bridgehead atoms. The Kier molecular flexibility index (Phi) is 1.81. The lowest BCUT2D eigenvalue weighted by Crippen LogP contribution is -2.44. The third kappa shape index (κ3) is 1.16. The molecule has 3 rings (SSSR count). The van der Waals surface area contributed by atoms with Crippen LogP contribution in [0.25, 0.3) is 0 Å². The molecule has 1 saturated carbocycles. The van der Waals surface area contributed by atoms with E-state index in [-0.39, 0.29) is 11.6 Å². The van der Waals surface area contributed by atoms with Crippen molar-refractivity contribution in [3.05, 3.63) is 35.9 Å². The molecule has 1 aromatic carbocycles. The molecule has 0 aromatic heterocycles. The molecule has 4 nitrogen and oxygen atoms in total. The highest BCUT2D eigenvalue weighted by atomic mass is 15.8. The van der Waals surface area contributed by atoms with Crippen molar-refractivity contribution in [1.82, 2.24) is 21.9 Å². The lowest BCUT2D eigenvalue weighted by molar-refractivity contribution is 0.415. The molecule has 4 N–H and O–H groups in total. The molecule has 0 atom stereocenters. The van der Waals surface area contributed by atoms with Crippen LogP contribution in [0.4, 0.5) is 0 Å². The van der Waals surface area contributed by atoms with Crippen molar-refractivity contribution in [3.8, 4) is 0 Å². The van der Waals surface area contributed by atoms with Gasteiger partial charge in [0.15, 0.2) is 0 Å². The third-order valence-electron chi connectivity index (χ3n) is 3.19. The molecule has 4 heteroatoms. The molecule has 0 amide bonds. The molecular weight excluding hydrogens is 176 g/mol. The Morgan fingerprint density at radius 1 is 1.00 bits per heavy atom. The summed E-state index contributed by atoms with van der Waals surface area (Å²) in [6.45, 7) is 0. The van der Waals surface area contributed by atoms with Gasteiger partial charge >= 0.3 is 0 Å². The fourth-order valence-electron chi connectivity index (χ4n) is 2.18. The Balaban J connectivity index is 1.89. The van der Waals surface area contributed by atoms with E-state index in [0.29, 0.717) is 0 Å². The zero-order chi connectivity index (χ0) is 9.43. The van der Waals surface area contributed by atoms with Crippen molar-refractivity contribution in [2.45, 2.75) is 24.4 Å². The SMILES string of the molecule is c1ccc(C2(C3NNNN3)CC2)cc1. The molecule has 1 saturated heterocycles. The van der Waals surface area contributed by atoms with Crippen LogP contribution in [-0.2, 0) is 5.41 Å². The van der Waals surface area contributed by atoms with E-state index in [1.807, 2.05) is 0 Å². The molecule has 1 aliphatic heterocycles. The Bertz CT molecular complexity index is 314. The van der Waals surface area contributed by atoms with Crippen LogP contribution >= 0.6 is 0 Å². The second-order valence-electron chi connectivity index (χ2n) is 3.99. The average Bonchev–Trinajstić information content (AvgIpc) is 2.88. The maximum atomic E-state index is 3.19. The van der Waals surface area contributed by atoms with Gasteiger partial charge in [0.25, 0.3) is 0 Å². The molecule has 1 aromatic rings. The minimum Gasteiger partial charge on any atom is -0.224 e. The van der Waals surface area contributed by atoms with Gasteiger partial charge in [0.2, 0.25) is 0 Å². The minimum absolute atomic E-state index is 0.276. The average molecular weight is 190 g/mol. The quantitative estimate of drug-likeness (QED) is 0.536. The Labute approximate surface area is 83.0 Å². The number of nitrogens with one attached hydrogen (secondary N) is 4. The van der Waals surface area contributed by atoms with E-state index in [0.717, 1.165) is 0 Å². The van der Waals surface area contributed by atoms with Gasteiger partial charge in [0.1, 0.15) is 0 Å². The standard InChI is InChI=1S/C10H14N4/c1-2-4-8(5-3-1)10(6-7-10)9-11-13-14-12-9/h1-5,9,11-14H,6-7H2. The Hall–Kier alpha value is -0.940. The second-order valence-corrected chi connectivity index (χ2v) is 3.99. The summed E-state index contributed by atoms with van der Waals surface area (Å²) in [6.07, 6.45) is 2.76. The van der Waals surface area contributed by atoms with E-state index >= 15 is 0 Å². The maximum Gasteiger partial charge on any atom is 0.0955 e. The highest BCUT2D eigenvalue weighted by Crippen LogP contribution is 2.50. The summed E-state index contributed by atoms with van der Waals surface area (Å²) in [7, 11) is 0. The summed E-state index contributed by atoms with van der Waals surface area (Å²) in [5, 5.41) is 0. The molecule has 2 aliphatic rings. The summed E-state index contributed by atoms with van der Waals surface area (Å²) < 4.78 is 0. The molecule has 0 unspecified atom stereocenters. The molecular formula is C10H14N4. The van der Waals surface area contributed by atoms with Gasteiger partial charge < -0.3 is 0 Å². The number of benzene rings is 1. The van der Waals surface area contributed by atoms with Gasteiger partial charge in [-0.15, -0.1) is 0 Å². The molecule has 0 spiro atoms. The van der Waals surface area contributed by atoms with Crippen LogP contribution in [0.5, 0.6) is 0 Å². The van der Waals surface area contributed by atoms with Crippen molar-refractivity contribution in [2.75, 3.05) is 0 Å². The van der Waals surface area contributed by atoms with E-state index in [1.54, 1.807) is 0 Å². The van der Waals surface area contributed by atoms with E-state index in [9.17, 15) is 0 Å². The van der Waals surface area contributed by atoms with Gasteiger partial charge in [0.05, 0.1) is 6.17 Å². The molecule has 1 aliphatic carbocycles. The van der Waals surface area contributed by atoms with Crippen molar-refractivity contribution in [3.63, 3.8) is 0 Å². The zero-order valence-corrected chi connectivity index (χ0v) is 7.88. The number of hydrogen-bond donors (Lipinski definition) is 4. The predicted molar refractivity (Wildman–Crippen MR) is 53.7 cm³/mol. The second kappa shape index (κ2) is 3.03. The fraction of sp³-hybridized carbons (Fsp3) is 0.400. The topological polar surface area (TPSA) is 48.1 Å². The fourth-order valence-corrected chi connectivity index (χ4v) is 2.18. The summed E-state index contributed by atoms with van der Waals surface area (Å²) in [5.41, 5.74) is 13.8. The molecule has 1 heterocycles. The van der Waals surface area contributed by atoms with Gasteiger partial charge in [-0.1, -0.05) is 30.3 Å². The first-order valence-electron chi connectivity index (χ1n) is 4.98. The molecule has 14 heavy (non-hydrogen) atoms. The summed E-state index contributed by atoms with van der Waals surface area (Å²) >= 11 is 0. The van der Waals surface area contributed by atoms with Gasteiger partial charge in [-0.3, -0.25) is 0 Å². The first-order valence-corrected chi connectivity index (χ1v) is 4.98. The van der Waals surface area contributed by atoms with Gasteiger partial charge in [-0.25, -0.2) is 10.9 Å². The van der Waals surface area contributed by atoms with Crippen molar-refractivity contribution in [2.24, 2.45) is 0 Å². The zero-order valence-electron chi connectivity index (χ0n) is 7.88. The van der Waals surface area contributed by atoms with Crippen LogP contribution in [0.2, 0.25) is 0 Å². The van der Waals surface area contributed by atoms with Crippen LogP contribution in [0.1, 0.15) is 18.4 Å². The van der Waals surface area contributed by atoms with Crippen LogP contribution < -0.4 is 21.9 Å². The minimum atomic E-state index is 0.276. The van der Waals surface area contributed by atoms with Crippen molar-refractivity contribution < 1.29 is 0 Å². The first-order chi connectivity index (χ1) is 6.92. The monoisotopic (exact) mass is 190 g/mol. The number of hydrazine groups is 3. The maximum absolute atomic E-state index is 3.19. The van der Waals surface area contributed by atoms with Gasteiger partial charge in [0, 0.05) is 5.41 Å². The number of rotatable bonds is 2. The summed E-state index contributed by atoms with van der Waals surface area (Å²) in [6, 6.07) is 10.7. The van der Waals surface area contributed by atoms with Crippen LogP contribution in [-0.4, -0.2) is 6.17 Å².